The number of carboxylic acid groups (broad SMARTS) is 1. The molecule has 6 nitrogen and oxygen atoms in total. The molecule has 1 aliphatic carbocycles. The van der Waals surface area contributed by atoms with Gasteiger partial charge in [0.2, 0.25) is 0 Å². The van der Waals surface area contributed by atoms with Crippen molar-refractivity contribution in [1.29, 1.82) is 0 Å². The fourth-order valence-electron chi connectivity index (χ4n) is 3.90. The van der Waals surface area contributed by atoms with Gasteiger partial charge in [0.05, 0.1) is 22.9 Å². The summed E-state index contributed by atoms with van der Waals surface area (Å²) >= 11 is 1.69. The van der Waals surface area contributed by atoms with Crippen molar-refractivity contribution in [2.24, 2.45) is 0 Å². The van der Waals surface area contributed by atoms with Crippen molar-refractivity contribution < 1.29 is 24.5 Å². The Morgan fingerprint density at radius 2 is 1.48 bits per heavy atom. The van der Waals surface area contributed by atoms with E-state index < -0.39 is 18.1 Å². The van der Waals surface area contributed by atoms with Crippen LogP contribution in [0.15, 0.2) is 72.8 Å². The monoisotopic (exact) mass is 529 g/mol. The summed E-state index contributed by atoms with van der Waals surface area (Å²) in [5.41, 5.74) is 5.13. The number of rotatable bonds is 6. The third-order valence-electron chi connectivity index (χ3n) is 5.43. The molecule has 1 aliphatic rings. The normalized spacial score (nSPS) is 13.2. The van der Waals surface area contributed by atoms with E-state index in [1.54, 1.807) is 35.0 Å². The molecule has 31 heavy (non-hydrogen) atoms. The molecule has 0 radical (unpaired) electrons. The number of aromatic hydroxyl groups is 1. The summed E-state index contributed by atoms with van der Waals surface area (Å²) < 4.78 is 6.65. The molecule has 2 N–H and O–H groups in total. The van der Waals surface area contributed by atoms with E-state index in [1.807, 2.05) is 36.4 Å². The summed E-state index contributed by atoms with van der Waals surface area (Å²) in [6.07, 6.45) is -0.600. The Kier molecular flexibility index (Phi) is 6.13. The summed E-state index contributed by atoms with van der Waals surface area (Å²) in [4.78, 5) is 24.5. The van der Waals surface area contributed by atoms with Crippen LogP contribution in [-0.4, -0.2) is 38.0 Å². The van der Waals surface area contributed by atoms with Crippen molar-refractivity contribution in [3.63, 3.8) is 0 Å². The number of aliphatic carboxylic acids is 1. The van der Waals surface area contributed by atoms with E-state index in [2.05, 4.69) is 12.1 Å². The molecule has 0 unspecified atom stereocenters. The van der Waals surface area contributed by atoms with Gasteiger partial charge in [0.1, 0.15) is 18.4 Å². The number of phenols is 1. The number of hydrogen-bond acceptors (Lipinski definition) is 4. The topological polar surface area (TPSA) is 87.1 Å². The second-order valence-corrected chi connectivity index (χ2v) is 8.38. The van der Waals surface area contributed by atoms with E-state index in [0.29, 0.717) is 5.56 Å². The van der Waals surface area contributed by atoms with Crippen LogP contribution in [0.2, 0.25) is 0 Å². The first-order valence-corrected chi connectivity index (χ1v) is 10.7. The van der Waals surface area contributed by atoms with Crippen molar-refractivity contribution in [2.45, 2.75) is 18.4 Å². The molecule has 1 amide bonds. The van der Waals surface area contributed by atoms with E-state index in [1.165, 1.54) is 12.1 Å². The highest BCUT2D eigenvalue weighted by Gasteiger charge is 2.32. The fraction of sp³-hybridized carbons (Fsp3) is 0.167. The maximum Gasteiger partial charge on any atom is 0.419 e. The van der Waals surface area contributed by atoms with Gasteiger partial charge in [-0.2, -0.15) is 0 Å². The number of fused-ring (bicyclic) bond motifs is 3. The second kappa shape index (κ2) is 8.97. The summed E-state index contributed by atoms with van der Waals surface area (Å²) in [5.74, 6) is -1.13. The number of phenolic OH excluding ortho intramolecular Hbond substituents is 1. The van der Waals surface area contributed by atoms with E-state index in [9.17, 15) is 19.8 Å². The van der Waals surface area contributed by atoms with Gasteiger partial charge in [-0.3, -0.25) is 0 Å². The SMILES string of the molecule is O=C(O)[C@H](Cc1ccc(O)cc1)N(I)C(=O)OCC1c2ccccc2-c2ccccc21. The van der Waals surface area contributed by atoms with Gasteiger partial charge in [0.15, 0.2) is 0 Å². The van der Waals surface area contributed by atoms with Gasteiger partial charge in [-0.05, 0) is 39.9 Å². The van der Waals surface area contributed by atoms with Crippen LogP contribution in [0.25, 0.3) is 11.1 Å². The molecule has 158 valence electrons. The Morgan fingerprint density at radius 1 is 0.935 bits per heavy atom. The van der Waals surface area contributed by atoms with Gasteiger partial charge in [0.25, 0.3) is 0 Å². The average Bonchev–Trinajstić information content (AvgIpc) is 3.10. The zero-order valence-corrected chi connectivity index (χ0v) is 18.6. The van der Waals surface area contributed by atoms with Crippen molar-refractivity contribution in [3.8, 4) is 16.9 Å². The number of benzene rings is 3. The number of carbonyl (C=O) groups is 2. The second-order valence-electron chi connectivity index (χ2n) is 7.34. The lowest BCUT2D eigenvalue weighted by atomic mass is 9.98. The third-order valence-corrected chi connectivity index (χ3v) is 6.50. The van der Waals surface area contributed by atoms with Crippen LogP contribution in [0.5, 0.6) is 5.75 Å². The Hall–Kier alpha value is -3.07. The molecule has 0 bridgehead atoms. The molecule has 0 heterocycles. The van der Waals surface area contributed by atoms with Crippen LogP contribution >= 0.6 is 22.9 Å². The molecular formula is C24H20INO5. The maximum atomic E-state index is 12.7. The zero-order chi connectivity index (χ0) is 22.0. The number of ether oxygens (including phenoxy) is 1. The number of carboxylic acids is 1. The third kappa shape index (κ3) is 4.36. The van der Waals surface area contributed by atoms with Crippen molar-refractivity contribution >= 4 is 34.9 Å². The molecule has 0 aliphatic heterocycles. The highest BCUT2D eigenvalue weighted by molar-refractivity contribution is 14.1. The number of carbonyl (C=O) groups excluding carboxylic acids is 1. The van der Waals surface area contributed by atoms with Crippen LogP contribution in [0.3, 0.4) is 0 Å². The van der Waals surface area contributed by atoms with Crippen molar-refractivity contribution in [3.05, 3.63) is 89.5 Å². The average molecular weight is 529 g/mol. The molecule has 1 atom stereocenters. The molecule has 0 spiro atoms. The van der Waals surface area contributed by atoms with Crippen LogP contribution in [-0.2, 0) is 16.0 Å². The van der Waals surface area contributed by atoms with Gasteiger partial charge in [-0.15, -0.1) is 0 Å². The van der Waals surface area contributed by atoms with Gasteiger partial charge in [-0.25, -0.2) is 12.7 Å². The lowest BCUT2D eigenvalue weighted by molar-refractivity contribution is -0.140. The molecular weight excluding hydrogens is 509 g/mol. The van der Waals surface area contributed by atoms with Crippen molar-refractivity contribution in [2.75, 3.05) is 6.61 Å². The van der Waals surface area contributed by atoms with Crippen LogP contribution in [0.1, 0.15) is 22.6 Å². The first-order chi connectivity index (χ1) is 15.0. The molecule has 0 saturated heterocycles. The first-order valence-electron chi connectivity index (χ1n) is 9.76. The van der Waals surface area contributed by atoms with Crippen molar-refractivity contribution in [1.82, 2.24) is 3.11 Å². The molecule has 4 rings (SSSR count). The van der Waals surface area contributed by atoms with E-state index in [0.717, 1.165) is 25.4 Å². The lowest BCUT2D eigenvalue weighted by Crippen LogP contribution is -2.40. The van der Waals surface area contributed by atoms with Crippen LogP contribution < -0.4 is 0 Å². The smallest absolute Gasteiger partial charge is 0.419 e. The van der Waals surface area contributed by atoms with Crippen LogP contribution in [0, 0.1) is 0 Å². The predicted octanol–water partition coefficient (Wildman–Crippen LogP) is 4.99. The summed E-state index contributed by atoms with van der Waals surface area (Å²) in [5, 5.41) is 19.1. The summed E-state index contributed by atoms with van der Waals surface area (Å²) in [6.45, 7) is 0.123. The van der Waals surface area contributed by atoms with Crippen LogP contribution in [0.4, 0.5) is 4.79 Å². The van der Waals surface area contributed by atoms with E-state index in [-0.39, 0.29) is 24.7 Å². The lowest BCUT2D eigenvalue weighted by Gasteiger charge is -2.23. The molecule has 3 aromatic carbocycles. The maximum absolute atomic E-state index is 12.7. The molecule has 3 aromatic rings. The minimum absolute atomic E-state index is 0.0958. The molecule has 0 fully saturated rings. The Labute approximate surface area is 193 Å². The number of halogens is 1. The fourth-order valence-corrected chi connectivity index (χ4v) is 4.48. The molecule has 0 aromatic heterocycles. The Bertz CT molecular complexity index is 1070. The number of hydrogen-bond donors (Lipinski definition) is 2. The van der Waals surface area contributed by atoms with Gasteiger partial charge in [0, 0.05) is 12.3 Å². The highest BCUT2D eigenvalue weighted by Crippen LogP contribution is 2.44. The highest BCUT2D eigenvalue weighted by atomic mass is 127. The van der Waals surface area contributed by atoms with E-state index in [4.69, 9.17) is 4.74 Å². The molecule has 0 saturated carbocycles. The van der Waals surface area contributed by atoms with E-state index >= 15 is 0 Å². The van der Waals surface area contributed by atoms with Gasteiger partial charge >= 0.3 is 12.1 Å². The summed E-state index contributed by atoms with van der Waals surface area (Å²) in [7, 11) is 0. The minimum Gasteiger partial charge on any atom is -0.508 e. The summed E-state index contributed by atoms with van der Waals surface area (Å²) in [6, 6.07) is 21.2. The Balaban J connectivity index is 1.47. The molecule has 7 heteroatoms. The number of amides is 1. The largest absolute Gasteiger partial charge is 0.508 e. The number of nitrogens with zero attached hydrogens (tertiary/aromatic N) is 1. The minimum atomic E-state index is -1.13. The standard InChI is InChI=1S/C24H20INO5/c25-26(22(23(28)29)13-15-9-11-16(27)12-10-15)24(30)31-14-21-19-7-3-1-5-17(19)18-6-2-4-8-20(18)21/h1-12,21-22,27H,13-14H2,(H,28,29)/t22-/m0/s1. The predicted molar refractivity (Wildman–Crippen MR) is 124 cm³/mol. The van der Waals surface area contributed by atoms with Gasteiger partial charge < -0.3 is 14.9 Å². The Morgan fingerprint density at radius 3 is 2.03 bits per heavy atom. The first kappa shape index (κ1) is 21.2. The van der Waals surface area contributed by atoms with Gasteiger partial charge in [-0.1, -0.05) is 60.7 Å². The quantitative estimate of drug-likeness (QED) is 0.347. The zero-order valence-electron chi connectivity index (χ0n) is 16.4.